The molecular formula is C20H20N2O3S2. The van der Waals surface area contributed by atoms with E-state index in [4.69, 9.17) is 4.42 Å². The van der Waals surface area contributed by atoms with Crippen LogP contribution < -0.4 is 0 Å². The van der Waals surface area contributed by atoms with E-state index >= 15 is 0 Å². The first-order valence-corrected chi connectivity index (χ1v) is 11.7. The van der Waals surface area contributed by atoms with Crippen LogP contribution in [0.25, 0.3) is 11.1 Å². The van der Waals surface area contributed by atoms with E-state index in [2.05, 4.69) is 46.6 Å². The molecule has 1 saturated heterocycles. The van der Waals surface area contributed by atoms with Gasteiger partial charge >= 0.3 is 0 Å². The number of thioether (sulfide) groups is 1. The third-order valence-corrected chi connectivity index (χ3v) is 7.39. The largest absolute Gasteiger partial charge is 0.416 e. The number of aromatic nitrogens is 2. The van der Waals surface area contributed by atoms with Crippen LogP contribution in [0, 0.1) is 5.92 Å². The maximum absolute atomic E-state index is 11.5. The lowest BCUT2D eigenvalue weighted by atomic mass is 10.0. The van der Waals surface area contributed by atoms with Crippen molar-refractivity contribution in [2.75, 3.05) is 11.5 Å². The van der Waals surface area contributed by atoms with Crippen molar-refractivity contribution in [3.05, 3.63) is 66.1 Å². The first-order chi connectivity index (χ1) is 13.1. The molecule has 0 spiro atoms. The standard InChI is InChI=1S/C20H20N2O3S2/c23-27(24)11-10-16(14-27)12-19-21-22-20(25-19)26-13-15-6-8-18(9-7-15)17-4-2-1-3-5-17/h1-9,16H,10-14H2/t16-/m0/s1. The smallest absolute Gasteiger partial charge is 0.276 e. The minimum absolute atomic E-state index is 0.0961. The zero-order chi connectivity index (χ0) is 18.7. The molecule has 0 radical (unpaired) electrons. The average Bonchev–Trinajstić information content (AvgIpc) is 3.27. The van der Waals surface area contributed by atoms with Crippen molar-refractivity contribution in [1.29, 1.82) is 0 Å². The SMILES string of the molecule is O=S1(=O)CC[C@@H](Cc2nnc(SCc3ccc(-c4ccccc4)cc3)o2)C1. The van der Waals surface area contributed by atoms with Crippen molar-refractivity contribution in [3.63, 3.8) is 0 Å². The molecule has 1 fully saturated rings. The summed E-state index contributed by atoms with van der Waals surface area (Å²) in [5, 5.41) is 8.66. The predicted molar refractivity (Wildman–Crippen MR) is 106 cm³/mol. The zero-order valence-corrected chi connectivity index (χ0v) is 16.4. The van der Waals surface area contributed by atoms with Crippen LogP contribution in [0.2, 0.25) is 0 Å². The summed E-state index contributed by atoms with van der Waals surface area (Å²) in [6.45, 7) is 0. The Kier molecular flexibility index (Phi) is 5.31. The summed E-state index contributed by atoms with van der Waals surface area (Å²) >= 11 is 1.50. The maximum Gasteiger partial charge on any atom is 0.276 e. The maximum atomic E-state index is 11.5. The fourth-order valence-corrected chi connectivity index (χ4v) is 5.83. The van der Waals surface area contributed by atoms with Gasteiger partial charge in [0.2, 0.25) is 5.89 Å². The van der Waals surface area contributed by atoms with Gasteiger partial charge in [0, 0.05) is 12.2 Å². The van der Waals surface area contributed by atoms with Gasteiger partial charge in [-0.1, -0.05) is 66.4 Å². The first-order valence-electron chi connectivity index (χ1n) is 8.87. The molecule has 2 heterocycles. The normalized spacial score (nSPS) is 18.6. The molecule has 0 N–H and O–H groups in total. The highest BCUT2D eigenvalue weighted by Gasteiger charge is 2.29. The van der Waals surface area contributed by atoms with Crippen LogP contribution in [-0.4, -0.2) is 30.1 Å². The van der Waals surface area contributed by atoms with Gasteiger partial charge in [-0.15, -0.1) is 10.2 Å². The van der Waals surface area contributed by atoms with E-state index in [9.17, 15) is 8.42 Å². The van der Waals surface area contributed by atoms with Crippen LogP contribution in [-0.2, 0) is 22.0 Å². The Morgan fingerprint density at radius 3 is 2.44 bits per heavy atom. The molecule has 1 aliphatic heterocycles. The number of hydrogen-bond donors (Lipinski definition) is 0. The van der Waals surface area contributed by atoms with Crippen molar-refractivity contribution >= 4 is 21.6 Å². The summed E-state index contributed by atoms with van der Waals surface area (Å²) in [5.41, 5.74) is 3.57. The van der Waals surface area contributed by atoms with Crippen LogP contribution in [0.3, 0.4) is 0 Å². The topological polar surface area (TPSA) is 73.1 Å². The van der Waals surface area contributed by atoms with Crippen molar-refractivity contribution < 1.29 is 12.8 Å². The summed E-state index contributed by atoms with van der Waals surface area (Å²) < 4.78 is 28.8. The van der Waals surface area contributed by atoms with Crippen molar-refractivity contribution in [2.24, 2.45) is 5.92 Å². The van der Waals surface area contributed by atoms with E-state index < -0.39 is 9.84 Å². The van der Waals surface area contributed by atoms with Gasteiger partial charge < -0.3 is 4.42 Å². The van der Waals surface area contributed by atoms with E-state index in [1.165, 1.54) is 28.5 Å². The lowest BCUT2D eigenvalue weighted by molar-refractivity contribution is 0.389. The molecule has 27 heavy (non-hydrogen) atoms. The van der Waals surface area contributed by atoms with Gasteiger partial charge in [0.15, 0.2) is 9.84 Å². The second kappa shape index (κ2) is 7.86. The second-order valence-corrected chi connectivity index (χ2v) is 9.94. The van der Waals surface area contributed by atoms with Crippen molar-refractivity contribution in [3.8, 4) is 11.1 Å². The lowest BCUT2D eigenvalue weighted by Crippen LogP contribution is -2.07. The highest BCUT2D eigenvalue weighted by atomic mass is 32.2. The van der Waals surface area contributed by atoms with E-state index in [-0.39, 0.29) is 17.4 Å². The summed E-state index contributed by atoms with van der Waals surface area (Å²) in [4.78, 5) is 0. The average molecular weight is 401 g/mol. The molecule has 3 aromatic rings. The Bertz CT molecular complexity index is 999. The van der Waals surface area contributed by atoms with E-state index in [0.29, 0.717) is 24.0 Å². The van der Waals surface area contributed by atoms with Crippen LogP contribution in [0.4, 0.5) is 0 Å². The highest BCUT2D eigenvalue weighted by molar-refractivity contribution is 7.98. The van der Waals surface area contributed by atoms with Crippen LogP contribution in [0.5, 0.6) is 0 Å². The van der Waals surface area contributed by atoms with Gasteiger partial charge in [-0.3, -0.25) is 0 Å². The fraction of sp³-hybridized carbons (Fsp3) is 0.300. The summed E-state index contributed by atoms with van der Waals surface area (Å²) in [6, 6.07) is 18.7. The van der Waals surface area contributed by atoms with Gasteiger partial charge in [-0.25, -0.2) is 8.42 Å². The number of benzene rings is 2. The number of rotatable bonds is 6. The Hall–Kier alpha value is -2.12. The molecule has 7 heteroatoms. The lowest BCUT2D eigenvalue weighted by Gasteiger charge is -2.03. The van der Waals surface area contributed by atoms with Gasteiger partial charge in [0.25, 0.3) is 5.22 Å². The predicted octanol–water partition coefficient (Wildman–Crippen LogP) is 4.01. The molecule has 0 bridgehead atoms. The van der Waals surface area contributed by atoms with E-state index in [1.807, 2.05) is 18.2 Å². The molecule has 1 aromatic heterocycles. The van der Waals surface area contributed by atoms with Gasteiger partial charge in [-0.2, -0.15) is 0 Å². The molecule has 1 atom stereocenters. The minimum Gasteiger partial charge on any atom is -0.416 e. The Balaban J connectivity index is 1.32. The first kappa shape index (κ1) is 18.3. The third-order valence-electron chi connectivity index (χ3n) is 4.66. The van der Waals surface area contributed by atoms with Gasteiger partial charge in [-0.05, 0) is 29.0 Å². The fourth-order valence-electron chi connectivity index (χ4n) is 3.23. The molecule has 4 rings (SSSR count). The highest BCUT2D eigenvalue weighted by Crippen LogP contribution is 2.26. The molecule has 5 nitrogen and oxygen atoms in total. The van der Waals surface area contributed by atoms with Crippen LogP contribution >= 0.6 is 11.8 Å². The molecular weight excluding hydrogens is 380 g/mol. The van der Waals surface area contributed by atoms with Crippen molar-refractivity contribution in [2.45, 2.75) is 23.8 Å². The molecule has 2 aromatic carbocycles. The zero-order valence-electron chi connectivity index (χ0n) is 14.7. The molecule has 0 aliphatic carbocycles. The van der Waals surface area contributed by atoms with Crippen LogP contribution in [0.15, 0.2) is 64.2 Å². The number of nitrogens with zero attached hydrogens (tertiary/aromatic N) is 2. The van der Waals surface area contributed by atoms with Gasteiger partial charge in [0.05, 0.1) is 11.5 Å². The monoisotopic (exact) mass is 400 g/mol. The molecule has 0 unspecified atom stereocenters. The molecule has 0 saturated carbocycles. The quantitative estimate of drug-likeness (QED) is 0.582. The second-order valence-electron chi connectivity index (χ2n) is 6.79. The van der Waals surface area contributed by atoms with Crippen molar-refractivity contribution in [1.82, 2.24) is 10.2 Å². The Labute approximate surface area is 163 Å². The molecule has 140 valence electrons. The summed E-state index contributed by atoms with van der Waals surface area (Å²) in [6.07, 6.45) is 1.22. The Morgan fingerprint density at radius 1 is 1.00 bits per heavy atom. The van der Waals surface area contributed by atoms with Crippen LogP contribution in [0.1, 0.15) is 17.9 Å². The van der Waals surface area contributed by atoms with E-state index in [1.54, 1.807) is 0 Å². The molecule has 1 aliphatic rings. The van der Waals surface area contributed by atoms with Gasteiger partial charge in [0.1, 0.15) is 0 Å². The minimum atomic E-state index is -2.87. The number of sulfone groups is 1. The van der Waals surface area contributed by atoms with E-state index in [0.717, 1.165) is 5.75 Å². The summed E-state index contributed by atoms with van der Waals surface area (Å²) in [5.74, 6) is 1.87. The Morgan fingerprint density at radius 2 is 1.74 bits per heavy atom. The summed E-state index contributed by atoms with van der Waals surface area (Å²) in [7, 11) is -2.87. The number of hydrogen-bond acceptors (Lipinski definition) is 6. The third kappa shape index (κ3) is 4.78. The molecule has 0 amide bonds.